The van der Waals surface area contributed by atoms with Crippen molar-refractivity contribution in [3.63, 3.8) is 0 Å². The number of rotatable bonds is 1. The lowest BCUT2D eigenvalue weighted by Crippen LogP contribution is -2.10. The fraction of sp³-hybridized carbons (Fsp3) is 0.556. The quantitative estimate of drug-likeness (QED) is 0.672. The van der Waals surface area contributed by atoms with E-state index in [9.17, 15) is 0 Å². The lowest BCUT2D eigenvalue weighted by molar-refractivity contribution is 0.146. The van der Waals surface area contributed by atoms with Gasteiger partial charge >= 0.3 is 0 Å². The third-order valence-electron chi connectivity index (χ3n) is 2.39. The average molecular weight is 211 g/mol. The standard InChI is InChI=1S/C9H13N3OS/c10-5-8-6-1-3-13-4-2-7(6)11-9(14)12-8/h1-5,10H2,(H,11,12,14). The van der Waals surface area contributed by atoms with Gasteiger partial charge in [0.15, 0.2) is 4.77 Å². The predicted molar refractivity (Wildman–Crippen MR) is 55.5 cm³/mol. The van der Waals surface area contributed by atoms with Gasteiger partial charge in [-0.1, -0.05) is 0 Å². The van der Waals surface area contributed by atoms with Crippen molar-refractivity contribution in [3.05, 3.63) is 21.7 Å². The molecule has 0 saturated heterocycles. The van der Waals surface area contributed by atoms with Crippen LogP contribution in [0.2, 0.25) is 0 Å². The summed E-state index contributed by atoms with van der Waals surface area (Å²) in [6, 6.07) is 0. The van der Waals surface area contributed by atoms with Crippen molar-refractivity contribution in [2.75, 3.05) is 13.2 Å². The second-order valence-corrected chi connectivity index (χ2v) is 3.65. The number of hydrogen-bond acceptors (Lipinski definition) is 4. The highest BCUT2D eigenvalue weighted by atomic mass is 32.1. The Bertz CT molecular complexity index is 388. The lowest BCUT2D eigenvalue weighted by Gasteiger charge is -2.08. The van der Waals surface area contributed by atoms with Gasteiger partial charge in [0.2, 0.25) is 0 Å². The summed E-state index contributed by atoms with van der Waals surface area (Å²) in [6.07, 6.45) is 1.75. The maximum absolute atomic E-state index is 5.63. The van der Waals surface area contributed by atoms with Crippen LogP contribution in [-0.2, 0) is 24.1 Å². The van der Waals surface area contributed by atoms with Crippen molar-refractivity contribution in [1.29, 1.82) is 0 Å². The van der Waals surface area contributed by atoms with Gasteiger partial charge in [-0.25, -0.2) is 4.98 Å². The molecular formula is C9H13N3OS. The highest BCUT2D eigenvalue weighted by Gasteiger charge is 2.13. The normalized spacial score (nSPS) is 16.1. The minimum absolute atomic E-state index is 0.445. The van der Waals surface area contributed by atoms with E-state index in [1.807, 2.05) is 0 Å². The molecule has 1 aromatic rings. The molecule has 0 saturated carbocycles. The Morgan fingerprint density at radius 2 is 2.21 bits per heavy atom. The summed E-state index contributed by atoms with van der Waals surface area (Å²) in [7, 11) is 0. The Balaban J connectivity index is 2.52. The molecule has 14 heavy (non-hydrogen) atoms. The molecule has 0 amide bonds. The van der Waals surface area contributed by atoms with E-state index in [1.54, 1.807) is 0 Å². The van der Waals surface area contributed by atoms with Crippen LogP contribution in [0.15, 0.2) is 0 Å². The zero-order chi connectivity index (χ0) is 9.97. The first-order valence-corrected chi connectivity index (χ1v) is 5.11. The van der Waals surface area contributed by atoms with Crippen LogP contribution in [0.5, 0.6) is 0 Å². The third kappa shape index (κ3) is 1.84. The maximum atomic E-state index is 5.63. The van der Waals surface area contributed by atoms with Gasteiger partial charge in [-0.3, -0.25) is 0 Å². The smallest absolute Gasteiger partial charge is 0.197 e. The molecule has 1 aromatic heterocycles. The minimum atomic E-state index is 0.445. The van der Waals surface area contributed by atoms with E-state index in [0.717, 1.165) is 37.4 Å². The van der Waals surface area contributed by atoms with E-state index in [2.05, 4.69) is 9.97 Å². The minimum Gasteiger partial charge on any atom is -0.381 e. The molecule has 2 rings (SSSR count). The van der Waals surface area contributed by atoms with Crippen LogP contribution in [0.1, 0.15) is 17.0 Å². The summed E-state index contributed by atoms with van der Waals surface area (Å²) in [6.45, 7) is 1.93. The third-order valence-corrected chi connectivity index (χ3v) is 2.59. The predicted octanol–water partition coefficient (Wildman–Crippen LogP) is 0.713. The number of aromatic nitrogens is 2. The van der Waals surface area contributed by atoms with Gasteiger partial charge in [0.05, 0.1) is 18.9 Å². The number of fused-ring (bicyclic) bond motifs is 1. The lowest BCUT2D eigenvalue weighted by atomic mass is 10.1. The van der Waals surface area contributed by atoms with Crippen LogP contribution in [0.3, 0.4) is 0 Å². The monoisotopic (exact) mass is 211 g/mol. The van der Waals surface area contributed by atoms with Crippen LogP contribution in [0.4, 0.5) is 0 Å². The fourth-order valence-corrected chi connectivity index (χ4v) is 1.96. The molecule has 2 heterocycles. The maximum Gasteiger partial charge on any atom is 0.197 e. The average Bonchev–Trinajstić information content (AvgIpc) is 2.41. The van der Waals surface area contributed by atoms with Crippen molar-refractivity contribution in [2.45, 2.75) is 19.4 Å². The molecule has 0 unspecified atom stereocenters. The Kier molecular flexibility index (Phi) is 2.90. The molecule has 1 aliphatic heterocycles. The molecule has 0 bridgehead atoms. The van der Waals surface area contributed by atoms with Crippen molar-refractivity contribution in [1.82, 2.24) is 9.97 Å². The molecule has 4 nitrogen and oxygen atoms in total. The summed E-state index contributed by atoms with van der Waals surface area (Å²) >= 11 is 5.03. The molecule has 0 spiro atoms. The molecule has 0 radical (unpaired) electrons. The van der Waals surface area contributed by atoms with E-state index in [0.29, 0.717) is 11.3 Å². The van der Waals surface area contributed by atoms with Gasteiger partial charge in [0.25, 0.3) is 0 Å². The Hall–Kier alpha value is -0.780. The molecule has 0 aromatic carbocycles. The number of nitrogens with zero attached hydrogens (tertiary/aromatic N) is 1. The second kappa shape index (κ2) is 4.16. The number of nitrogens with two attached hydrogens (primary N) is 1. The zero-order valence-electron chi connectivity index (χ0n) is 7.88. The molecule has 3 N–H and O–H groups in total. The van der Waals surface area contributed by atoms with Gasteiger partial charge in [-0.15, -0.1) is 0 Å². The SMILES string of the molecule is NCc1nc(=S)[nH]c2c1CCOCC2. The molecular weight excluding hydrogens is 198 g/mol. The molecule has 0 atom stereocenters. The van der Waals surface area contributed by atoms with Crippen molar-refractivity contribution >= 4 is 12.2 Å². The summed E-state index contributed by atoms with van der Waals surface area (Å²) in [4.78, 5) is 7.34. The molecule has 0 aliphatic carbocycles. The number of H-pyrrole nitrogens is 1. The van der Waals surface area contributed by atoms with Crippen LogP contribution in [0.25, 0.3) is 0 Å². The Morgan fingerprint density at radius 3 is 3.00 bits per heavy atom. The van der Waals surface area contributed by atoms with Gasteiger partial charge in [0.1, 0.15) is 0 Å². The van der Waals surface area contributed by atoms with Crippen LogP contribution < -0.4 is 5.73 Å². The first kappa shape index (κ1) is 9.76. The van der Waals surface area contributed by atoms with Gasteiger partial charge in [-0.2, -0.15) is 0 Å². The Morgan fingerprint density at radius 1 is 1.43 bits per heavy atom. The molecule has 0 fully saturated rings. The van der Waals surface area contributed by atoms with Gasteiger partial charge < -0.3 is 15.5 Å². The summed E-state index contributed by atoms with van der Waals surface area (Å²) in [5.41, 5.74) is 8.88. The van der Waals surface area contributed by atoms with Gasteiger partial charge in [0, 0.05) is 18.7 Å². The number of hydrogen-bond donors (Lipinski definition) is 2. The van der Waals surface area contributed by atoms with E-state index in [-0.39, 0.29) is 0 Å². The van der Waals surface area contributed by atoms with Crippen LogP contribution in [0, 0.1) is 4.77 Å². The second-order valence-electron chi connectivity index (χ2n) is 3.26. The van der Waals surface area contributed by atoms with E-state index in [1.165, 1.54) is 5.56 Å². The van der Waals surface area contributed by atoms with E-state index < -0.39 is 0 Å². The summed E-state index contributed by atoms with van der Waals surface area (Å²) in [5.74, 6) is 0. The largest absolute Gasteiger partial charge is 0.381 e. The molecule has 5 heteroatoms. The number of aromatic amines is 1. The first-order valence-electron chi connectivity index (χ1n) is 4.70. The zero-order valence-corrected chi connectivity index (χ0v) is 8.69. The topological polar surface area (TPSA) is 63.9 Å². The van der Waals surface area contributed by atoms with E-state index >= 15 is 0 Å². The molecule has 1 aliphatic rings. The van der Waals surface area contributed by atoms with Crippen molar-refractivity contribution in [2.24, 2.45) is 5.73 Å². The summed E-state index contributed by atoms with van der Waals surface area (Å²) in [5, 5.41) is 0. The highest BCUT2D eigenvalue weighted by Crippen LogP contribution is 2.15. The highest BCUT2D eigenvalue weighted by molar-refractivity contribution is 7.71. The molecule has 76 valence electrons. The first-order chi connectivity index (χ1) is 6.81. The Labute approximate surface area is 87.5 Å². The van der Waals surface area contributed by atoms with Gasteiger partial charge in [-0.05, 0) is 24.2 Å². The van der Waals surface area contributed by atoms with Crippen molar-refractivity contribution < 1.29 is 4.74 Å². The fourth-order valence-electron chi connectivity index (χ4n) is 1.72. The number of ether oxygens (including phenoxy) is 1. The van der Waals surface area contributed by atoms with Crippen LogP contribution in [-0.4, -0.2) is 23.2 Å². The van der Waals surface area contributed by atoms with E-state index in [4.69, 9.17) is 22.7 Å². The summed E-state index contributed by atoms with van der Waals surface area (Å²) < 4.78 is 5.91. The van der Waals surface area contributed by atoms with Crippen molar-refractivity contribution in [3.8, 4) is 0 Å². The van der Waals surface area contributed by atoms with Crippen LogP contribution >= 0.6 is 12.2 Å². The number of nitrogens with one attached hydrogen (secondary N) is 1.